The maximum absolute atomic E-state index is 9.69. The lowest BCUT2D eigenvalue weighted by Gasteiger charge is -2.11. The summed E-state index contributed by atoms with van der Waals surface area (Å²) < 4.78 is 0. The van der Waals surface area contributed by atoms with Gasteiger partial charge in [-0.2, -0.15) is 11.8 Å². The molecule has 78 valence electrons. The summed E-state index contributed by atoms with van der Waals surface area (Å²) in [6, 6.07) is 5.78. The van der Waals surface area contributed by atoms with Crippen LogP contribution in [0.25, 0.3) is 0 Å². The second-order valence-corrected chi connectivity index (χ2v) is 5.17. The van der Waals surface area contributed by atoms with Crippen molar-refractivity contribution in [3.05, 3.63) is 30.1 Å². The Balaban J connectivity index is 2.30. The molecule has 0 aromatic carbocycles. The number of hydrogen-bond donors (Lipinski definition) is 1. The van der Waals surface area contributed by atoms with Crippen molar-refractivity contribution in [3.63, 3.8) is 0 Å². The van der Waals surface area contributed by atoms with Crippen molar-refractivity contribution in [2.75, 3.05) is 5.75 Å². The van der Waals surface area contributed by atoms with Crippen molar-refractivity contribution in [2.45, 2.75) is 31.6 Å². The minimum Gasteiger partial charge on any atom is -0.392 e. The first-order valence-corrected chi connectivity index (χ1v) is 5.93. The van der Waals surface area contributed by atoms with E-state index in [-0.39, 0.29) is 6.10 Å². The number of aliphatic hydroxyl groups is 1. The standard InChI is InChI=1S/C11H17NOS/c1-9(2)14-8-11(13)7-10-5-3-4-6-12-10/h3-6,9,11,13H,7-8H2,1-2H3. The summed E-state index contributed by atoms with van der Waals surface area (Å²) in [5.74, 6) is 0.786. The van der Waals surface area contributed by atoms with Gasteiger partial charge in [-0.1, -0.05) is 19.9 Å². The quantitative estimate of drug-likeness (QED) is 0.810. The van der Waals surface area contributed by atoms with Gasteiger partial charge in [0.2, 0.25) is 0 Å². The van der Waals surface area contributed by atoms with Gasteiger partial charge in [-0.05, 0) is 17.4 Å². The molecule has 1 unspecified atom stereocenters. The molecule has 0 fully saturated rings. The molecule has 3 heteroatoms. The van der Waals surface area contributed by atoms with Crippen LogP contribution in [0.1, 0.15) is 19.5 Å². The van der Waals surface area contributed by atoms with E-state index in [0.717, 1.165) is 11.4 Å². The Morgan fingerprint density at radius 3 is 2.79 bits per heavy atom. The normalized spacial score (nSPS) is 13.1. The minimum absolute atomic E-state index is 0.280. The van der Waals surface area contributed by atoms with Gasteiger partial charge in [-0.15, -0.1) is 0 Å². The third-order valence-electron chi connectivity index (χ3n) is 1.79. The number of nitrogens with zero attached hydrogens (tertiary/aromatic N) is 1. The zero-order chi connectivity index (χ0) is 10.4. The summed E-state index contributed by atoms with van der Waals surface area (Å²) in [4.78, 5) is 4.18. The zero-order valence-electron chi connectivity index (χ0n) is 8.68. The average molecular weight is 211 g/mol. The second kappa shape index (κ2) is 6.04. The van der Waals surface area contributed by atoms with Crippen molar-refractivity contribution in [2.24, 2.45) is 0 Å². The van der Waals surface area contributed by atoms with Crippen LogP contribution in [0.2, 0.25) is 0 Å². The van der Waals surface area contributed by atoms with E-state index in [1.807, 2.05) is 18.2 Å². The first-order valence-electron chi connectivity index (χ1n) is 4.88. The van der Waals surface area contributed by atoms with Crippen LogP contribution in [0.4, 0.5) is 0 Å². The van der Waals surface area contributed by atoms with Gasteiger partial charge in [0, 0.05) is 24.1 Å². The molecular weight excluding hydrogens is 194 g/mol. The van der Waals surface area contributed by atoms with Gasteiger partial charge in [0.15, 0.2) is 0 Å². The van der Waals surface area contributed by atoms with Crippen molar-refractivity contribution in [1.82, 2.24) is 4.98 Å². The average Bonchev–Trinajstić information content (AvgIpc) is 2.16. The molecule has 1 rings (SSSR count). The van der Waals surface area contributed by atoms with Gasteiger partial charge < -0.3 is 5.11 Å². The summed E-state index contributed by atoms with van der Waals surface area (Å²) in [6.07, 6.45) is 2.13. The van der Waals surface area contributed by atoms with Crippen molar-refractivity contribution in [1.29, 1.82) is 0 Å². The summed E-state index contributed by atoms with van der Waals surface area (Å²) in [5, 5.41) is 10.3. The van der Waals surface area contributed by atoms with Crippen LogP contribution in [0.3, 0.4) is 0 Å². The molecule has 1 aromatic rings. The van der Waals surface area contributed by atoms with Gasteiger partial charge in [0.05, 0.1) is 6.10 Å². The van der Waals surface area contributed by atoms with Crippen LogP contribution < -0.4 is 0 Å². The predicted octanol–water partition coefficient (Wildman–Crippen LogP) is 2.13. The molecule has 0 aliphatic heterocycles. The van der Waals surface area contributed by atoms with E-state index in [1.54, 1.807) is 18.0 Å². The Morgan fingerprint density at radius 1 is 1.43 bits per heavy atom. The number of aliphatic hydroxyl groups excluding tert-OH is 1. The largest absolute Gasteiger partial charge is 0.392 e. The van der Waals surface area contributed by atoms with E-state index in [1.165, 1.54) is 0 Å². The highest BCUT2D eigenvalue weighted by Crippen LogP contribution is 2.12. The summed E-state index contributed by atoms with van der Waals surface area (Å²) in [5.41, 5.74) is 0.962. The van der Waals surface area contributed by atoms with Gasteiger partial charge in [0.1, 0.15) is 0 Å². The fourth-order valence-electron chi connectivity index (χ4n) is 1.12. The molecule has 0 radical (unpaired) electrons. The first-order chi connectivity index (χ1) is 6.68. The van der Waals surface area contributed by atoms with Gasteiger partial charge in [-0.3, -0.25) is 4.98 Å². The maximum atomic E-state index is 9.69. The van der Waals surface area contributed by atoms with Crippen LogP contribution in [0, 0.1) is 0 Å². The number of rotatable bonds is 5. The molecule has 0 aliphatic carbocycles. The Hall–Kier alpha value is -0.540. The molecule has 0 saturated carbocycles. The highest BCUT2D eigenvalue weighted by atomic mass is 32.2. The van der Waals surface area contributed by atoms with Crippen molar-refractivity contribution >= 4 is 11.8 Å². The van der Waals surface area contributed by atoms with Crippen LogP contribution in [0.15, 0.2) is 24.4 Å². The third-order valence-corrected chi connectivity index (χ3v) is 3.04. The fourth-order valence-corrected chi connectivity index (χ4v) is 1.85. The highest BCUT2D eigenvalue weighted by molar-refractivity contribution is 7.99. The van der Waals surface area contributed by atoms with E-state index in [4.69, 9.17) is 0 Å². The lowest BCUT2D eigenvalue weighted by Crippen LogP contribution is -2.15. The Bertz CT molecular complexity index is 251. The molecule has 0 saturated heterocycles. The number of pyridine rings is 1. The zero-order valence-corrected chi connectivity index (χ0v) is 9.50. The first kappa shape index (κ1) is 11.5. The topological polar surface area (TPSA) is 33.1 Å². The maximum Gasteiger partial charge on any atom is 0.0686 e. The molecule has 0 spiro atoms. The molecule has 1 N–H and O–H groups in total. The van der Waals surface area contributed by atoms with Crippen LogP contribution in [-0.4, -0.2) is 27.2 Å². The monoisotopic (exact) mass is 211 g/mol. The highest BCUT2D eigenvalue weighted by Gasteiger charge is 2.07. The Morgan fingerprint density at radius 2 is 2.21 bits per heavy atom. The molecule has 0 bridgehead atoms. The van der Waals surface area contributed by atoms with E-state index >= 15 is 0 Å². The van der Waals surface area contributed by atoms with E-state index < -0.39 is 0 Å². The fraction of sp³-hybridized carbons (Fsp3) is 0.545. The molecule has 1 atom stereocenters. The molecule has 0 amide bonds. The molecule has 0 aliphatic rings. The number of thioether (sulfide) groups is 1. The molecular formula is C11H17NOS. The lowest BCUT2D eigenvalue weighted by molar-refractivity contribution is 0.199. The SMILES string of the molecule is CC(C)SCC(O)Cc1ccccn1. The second-order valence-electron chi connectivity index (χ2n) is 3.56. The van der Waals surface area contributed by atoms with Crippen LogP contribution in [0.5, 0.6) is 0 Å². The van der Waals surface area contributed by atoms with Crippen LogP contribution in [-0.2, 0) is 6.42 Å². The lowest BCUT2D eigenvalue weighted by atomic mass is 10.2. The number of aromatic nitrogens is 1. The Kier molecular flexibility index (Phi) is 4.98. The number of hydrogen-bond acceptors (Lipinski definition) is 3. The third kappa shape index (κ3) is 4.63. The van der Waals surface area contributed by atoms with Gasteiger partial charge in [-0.25, -0.2) is 0 Å². The van der Waals surface area contributed by atoms with Gasteiger partial charge >= 0.3 is 0 Å². The van der Waals surface area contributed by atoms with E-state index in [2.05, 4.69) is 18.8 Å². The minimum atomic E-state index is -0.280. The van der Waals surface area contributed by atoms with Crippen molar-refractivity contribution < 1.29 is 5.11 Å². The Labute approximate surface area is 89.8 Å². The van der Waals surface area contributed by atoms with Crippen molar-refractivity contribution in [3.8, 4) is 0 Å². The predicted molar refractivity (Wildman–Crippen MR) is 61.5 cm³/mol. The van der Waals surface area contributed by atoms with E-state index in [9.17, 15) is 5.11 Å². The summed E-state index contributed by atoms with van der Waals surface area (Å²) in [6.45, 7) is 4.27. The molecule has 14 heavy (non-hydrogen) atoms. The summed E-state index contributed by atoms with van der Waals surface area (Å²) >= 11 is 1.78. The summed E-state index contributed by atoms with van der Waals surface area (Å²) in [7, 11) is 0. The van der Waals surface area contributed by atoms with E-state index in [0.29, 0.717) is 11.7 Å². The smallest absolute Gasteiger partial charge is 0.0686 e. The molecule has 1 aromatic heterocycles. The van der Waals surface area contributed by atoms with Crippen LogP contribution >= 0.6 is 11.8 Å². The van der Waals surface area contributed by atoms with Gasteiger partial charge in [0.25, 0.3) is 0 Å². The molecule has 2 nitrogen and oxygen atoms in total. The molecule has 1 heterocycles.